The molecule has 1 aromatic rings. The van der Waals surface area contributed by atoms with Crippen LogP contribution in [0, 0.1) is 0 Å². The summed E-state index contributed by atoms with van der Waals surface area (Å²) < 4.78 is 5.01. The maximum Gasteiger partial charge on any atom is 0.408 e. The van der Waals surface area contributed by atoms with Gasteiger partial charge in [0.05, 0.1) is 6.54 Å². The minimum absolute atomic E-state index is 0.000935. The first-order chi connectivity index (χ1) is 12.0. The van der Waals surface area contributed by atoms with Gasteiger partial charge in [-0.25, -0.2) is 14.4 Å². The molecule has 9 nitrogen and oxygen atoms in total. The molecule has 2 aliphatic heterocycles. The van der Waals surface area contributed by atoms with E-state index in [0.29, 0.717) is 13.0 Å². The fraction of sp³-hybridized carbons (Fsp3) is 0.375. The molecule has 2 unspecified atom stereocenters. The highest BCUT2D eigenvalue weighted by Gasteiger charge is 2.48. The zero-order valence-corrected chi connectivity index (χ0v) is 13.3. The third-order valence-electron chi connectivity index (χ3n) is 4.22. The second-order valence-electron chi connectivity index (χ2n) is 5.83. The van der Waals surface area contributed by atoms with Crippen LogP contribution in [0.2, 0.25) is 0 Å². The Labute approximate surface area is 143 Å². The van der Waals surface area contributed by atoms with Crippen molar-refractivity contribution >= 4 is 24.0 Å². The number of likely N-dealkylation sites (tertiary alicyclic amines) is 2. The molecule has 0 radical (unpaired) electrons. The second kappa shape index (κ2) is 6.80. The van der Waals surface area contributed by atoms with Crippen molar-refractivity contribution in [1.82, 2.24) is 15.1 Å². The third-order valence-corrected chi connectivity index (χ3v) is 4.22. The van der Waals surface area contributed by atoms with Gasteiger partial charge in [-0.2, -0.15) is 0 Å². The first kappa shape index (κ1) is 16.7. The molecule has 2 N–H and O–H groups in total. The van der Waals surface area contributed by atoms with E-state index < -0.39 is 36.1 Å². The minimum Gasteiger partial charge on any atom is -0.480 e. The average molecular weight is 347 g/mol. The summed E-state index contributed by atoms with van der Waals surface area (Å²) in [7, 11) is 0. The normalized spacial score (nSPS) is 21.8. The number of hydrogen-bond donors (Lipinski definition) is 2. The van der Waals surface area contributed by atoms with Crippen molar-refractivity contribution in [3.63, 3.8) is 0 Å². The first-order valence-corrected chi connectivity index (χ1v) is 7.79. The maximum atomic E-state index is 12.1. The van der Waals surface area contributed by atoms with E-state index in [4.69, 9.17) is 9.84 Å². The lowest BCUT2D eigenvalue weighted by Crippen LogP contribution is -2.70. The van der Waals surface area contributed by atoms with Gasteiger partial charge >= 0.3 is 18.1 Å². The molecule has 9 heteroatoms. The van der Waals surface area contributed by atoms with Gasteiger partial charge < -0.3 is 20.1 Å². The van der Waals surface area contributed by atoms with Gasteiger partial charge in [0.25, 0.3) is 5.91 Å². The Morgan fingerprint density at radius 2 is 1.96 bits per heavy atom. The van der Waals surface area contributed by atoms with E-state index in [9.17, 15) is 19.2 Å². The molecular weight excluding hydrogens is 330 g/mol. The predicted molar refractivity (Wildman–Crippen MR) is 83.4 cm³/mol. The van der Waals surface area contributed by atoms with Crippen molar-refractivity contribution in [2.45, 2.75) is 25.1 Å². The molecule has 132 valence electrons. The van der Waals surface area contributed by atoms with Crippen LogP contribution in [0.1, 0.15) is 12.0 Å². The van der Waals surface area contributed by atoms with Crippen LogP contribution in [-0.4, -0.2) is 64.1 Å². The van der Waals surface area contributed by atoms with E-state index in [2.05, 4.69) is 5.32 Å². The number of alkyl carbamates (subject to hydrolysis) is 1. The summed E-state index contributed by atoms with van der Waals surface area (Å²) >= 11 is 0. The number of nitrogens with one attached hydrogen (secondary N) is 1. The van der Waals surface area contributed by atoms with E-state index in [-0.39, 0.29) is 13.2 Å². The molecule has 1 aromatic carbocycles. The molecule has 25 heavy (non-hydrogen) atoms. The Kier molecular flexibility index (Phi) is 4.55. The molecule has 0 saturated carbocycles. The summed E-state index contributed by atoms with van der Waals surface area (Å²) in [5.74, 6) is -1.66. The Morgan fingerprint density at radius 3 is 2.52 bits per heavy atom. The number of amides is 4. The monoisotopic (exact) mass is 347 g/mol. The van der Waals surface area contributed by atoms with Gasteiger partial charge in [0.15, 0.2) is 0 Å². The van der Waals surface area contributed by atoms with Crippen molar-refractivity contribution in [1.29, 1.82) is 0 Å². The van der Waals surface area contributed by atoms with Crippen LogP contribution in [0.3, 0.4) is 0 Å². The number of nitrogens with zero attached hydrogens (tertiary/aromatic N) is 2. The summed E-state index contributed by atoms with van der Waals surface area (Å²) in [4.78, 5) is 48.8. The molecule has 0 bridgehead atoms. The second-order valence-corrected chi connectivity index (χ2v) is 5.83. The van der Waals surface area contributed by atoms with Gasteiger partial charge in [0.2, 0.25) is 0 Å². The smallest absolute Gasteiger partial charge is 0.408 e. The van der Waals surface area contributed by atoms with Gasteiger partial charge in [-0.15, -0.1) is 0 Å². The Balaban J connectivity index is 1.44. The van der Waals surface area contributed by atoms with Crippen LogP contribution >= 0.6 is 0 Å². The van der Waals surface area contributed by atoms with Crippen LogP contribution in [0.5, 0.6) is 0 Å². The van der Waals surface area contributed by atoms with Gasteiger partial charge in [0, 0.05) is 6.54 Å². The fourth-order valence-corrected chi connectivity index (χ4v) is 2.64. The molecule has 3 rings (SSSR count). The summed E-state index contributed by atoms with van der Waals surface area (Å²) in [6.07, 6.45) is -0.377. The number of carbonyl (C=O) groups is 4. The Morgan fingerprint density at radius 1 is 1.24 bits per heavy atom. The zero-order valence-electron chi connectivity index (χ0n) is 13.3. The van der Waals surface area contributed by atoms with E-state index in [1.807, 2.05) is 18.2 Å². The lowest BCUT2D eigenvalue weighted by Gasteiger charge is -2.44. The number of hydrogen-bond acceptors (Lipinski definition) is 5. The zero-order chi connectivity index (χ0) is 18.0. The number of carboxylic acid groups (broad SMARTS) is 1. The highest BCUT2D eigenvalue weighted by atomic mass is 16.5. The van der Waals surface area contributed by atoms with Crippen LogP contribution in [0.4, 0.5) is 9.59 Å². The van der Waals surface area contributed by atoms with E-state index in [0.717, 1.165) is 15.4 Å². The fourth-order valence-electron chi connectivity index (χ4n) is 2.64. The molecule has 0 aliphatic carbocycles. The summed E-state index contributed by atoms with van der Waals surface area (Å²) in [6, 6.07) is 6.71. The van der Waals surface area contributed by atoms with E-state index >= 15 is 0 Å². The number of imide groups is 1. The topological polar surface area (TPSA) is 116 Å². The van der Waals surface area contributed by atoms with Crippen molar-refractivity contribution in [2.24, 2.45) is 0 Å². The van der Waals surface area contributed by atoms with Crippen LogP contribution in [-0.2, 0) is 20.9 Å². The molecule has 2 saturated heterocycles. The number of rotatable bonds is 4. The van der Waals surface area contributed by atoms with Crippen molar-refractivity contribution in [2.75, 3.05) is 13.1 Å². The lowest BCUT2D eigenvalue weighted by molar-refractivity contribution is -0.149. The maximum absolute atomic E-state index is 12.1. The molecule has 4 amide bonds. The molecule has 2 atom stereocenters. The third kappa shape index (κ3) is 3.39. The van der Waals surface area contributed by atoms with Crippen molar-refractivity contribution in [3.8, 4) is 0 Å². The minimum atomic E-state index is -1.09. The van der Waals surface area contributed by atoms with Crippen LogP contribution in [0.25, 0.3) is 0 Å². The highest BCUT2D eigenvalue weighted by molar-refractivity contribution is 6.04. The van der Waals surface area contributed by atoms with Gasteiger partial charge in [-0.1, -0.05) is 30.3 Å². The van der Waals surface area contributed by atoms with E-state index in [1.165, 1.54) is 0 Å². The summed E-state index contributed by atoms with van der Waals surface area (Å²) in [5, 5.41) is 11.3. The molecule has 0 aromatic heterocycles. The summed E-state index contributed by atoms with van der Waals surface area (Å²) in [6.45, 7) is 0.377. The molecular formula is C16H17N3O6. The molecule has 2 fully saturated rings. The Bertz CT molecular complexity index is 707. The molecule has 2 aliphatic rings. The van der Waals surface area contributed by atoms with Crippen LogP contribution < -0.4 is 5.32 Å². The van der Waals surface area contributed by atoms with E-state index in [1.54, 1.807) is 12.1 Å². The van der Waals surface area contributed by atoms with Gasteiger partial charge in [-0.3, -0.25) is 9.69 Å². The average Bonchev–Trinajstić information content (AvgIpc) is 2.55. The van der Waals surface area contributed by atoms with Crippen LogP contribution in [0.15, 0.2) is 30.3 Å². The summed E-state index contributed by atoms with van der Waals surface area (Å²) in [5.41, 5.74) is 0.812. The first-order valence-electron chi connectivity index (χ1n) is 7.79. The van der Waals surface area contributed by atoms with Crippen molar-refractivity contribution < 1.29 is 29.0 Å². The number of β-lactam (4-membered cyclic amide) rings is 1. The molecule has 0 spiro atoms. The number of carboxylic acids is 1. The van der Waals surface area contributed by atoms with Crippen molar-refractivity contribution in [3.05, 3.63) is 35.9 Å². The quantitative estimate of drug-likeness (QED) is 0.762. The number of carbonyl (C=O) groups excluding carboxylic acids is 3. The number of urea groups is 1. The number of benzene rings is 1. The lowest BCUT2D eigenvalue weighted by atomic mass is 10.0. The van der Waals surface area contributed by atoms with Gasteiger partial charge in [0.1, 0.15) is 18.7 Å². The SMILES string of the molecule is O=C(NC1CN(C(=O)N2CCC2C(=O)O)C1=O)OCc1ccccc1. The Hall–Kier alpha value is -3.10. The standard InChI is InChI=1S/C16H17N3O6/c20-13-11(17-15(23)25-9-10-4-2-1-3-5-10)8-19(13)16(24)18-7-6-12(18)14(21)22/h1-5,11-12H,6-9H2,(H,17,23)(H,21,22). The highest BCUT2D eigenvalue weighted by Crippen LogP contribution is 2.23. The van der Waals surface area contributed by atoms with Gasteiger partial charge in [-0.05, 0) is 12.0 Å². The number of aliphatic carboxylic acids is 1. The predicted octanol–water partition coefficient (Wildman–Crippen LogP) is 0.403. The molecule has 2 heterocycles. The largest absolute Gasteiger partial charge is 0.480 e. The number of ether oxygens (including phenoxy) is 1.